The predicted octanol–water partition coefficient (Wildman–Crippen LogP) is 3.57. The molecule has 0 N–H and O–H groups in total. The molecule has 1 fully saturated rings. The van der Waals surface area contributed by atoms with Crippen molar-refractivity contribution in [3.05, 3.63) is 0 Å². The van der Waals surface area contributed by atoms with Gasteiger partial charge in [-0.1, -0.05) is 28.0 Å². The molecule has 2 nitrogen and oxygen atoms in total. The number of hydrogen-bond donors (Lipinski definition) is 0. The highest BCUT2D eigenvalue weighted by Gasteiger charge is 2.16. The molecular weight excluding hydrogens is 238 g/mol. The van der Waals surface area contributed by atoms with Crippen molar-refractivity contribution in [3.8, 4) is 0 Å². The van der Waals surface area contributed by atoms with Gasteiger partial charge in [0.2, 0.25) is 5.91 Å². The maximum Gasteiger partial charge on any atom is 0.222 e. The summed E-state index contributed by atoms with van der Waals surface area (Å²) >= 11 is 0. The highest BCUT2D eigenvalue weighted by molar-refractivity contribution is 8.77. The molecule has 1 rings (SSSR count). The van der Waals surface area contributed by atoms with Crippen molar-refractivity contribution < 1.29 is 4.79 Å². The number of carbonyl (C=O) groups excluding carboxylic acids is 1. The summed E-state index contributed by atoms with van der Waals surface area (Å²) in [7, 11) is 4.04. The Bertz CT molecular complexity index is 201. The third kappa shape index (κ3) is 5.00. The molecule has 0 aromatic heterocycles. The van der Waals surface area contributed by atoms with Gasteiger partial charge in [0.25, 0.3) is 0 Å². The highest BCUT2D eigenvalue weighted by Crippen LogP contribution is 2.39. The Kier molecular flexibility index (Phi) is 7.37. The minimum atomic E-state index is 0.332. The third-order valence-electron chi connectivity index (χ3n) is 3.01. The summed E-state index contributed by atoms with van der Waals surface area (Å²) in [5.74, 6) is 1.65. The molecule has 1 saturated heterocycles. The Balaban J connectivity index is 2.03. The zero-order valence-corrected chi connectivity index (χ0v) is 12.0. The summed E-state index contributed by atoms with van der Waals surface area (Å²) in [5, 5.41) is 0.855. The van der Waals surface area contributed by atoms with Crippen molar-refractivity contribution in [1.29, 1.82) is 0 Å². The predicted molar refractivity (Wildman–Crippen MR) is 74.9 cm³/mol. The van der Waals surface area contributed by atoms with Gasteiger partial charge in [0.1, 0.15) is 0 Å². The third-order valence-corrected chi connectivity index (χ3v) is 6.02. The van der Waals surface area contributed by atoms with E-state index in [4.69, 9.17) is 0 Å². The van der Waals surface area contributed by atoms with E-state index >= 15 is 0 Å². The molecule has 1 aliphatic heterocycles. The summed E-state index contributed by atoms with van der Waals surface area (Å²) in [6.45, 7) is 5.80. The molecule has 0 aromatic rings. The quantitative estimate of drug-likeness (QED) is 0.516. The van der Waals surface area contributed by atoms with Gasteiger partial charge in [-0.05, 0) is 33.1 Å². The van der Waals surface area contributed by atoms with E-state index in [-0.39, 0.29) is 0 Å². The molecule has 1 aliphatic rings. The average Bonchev–Trinajstić information content (AvgIpc) is 2.79. The molecule has 94 valence electrons. The first-order valence-electron chi connectivity index (χ1n) is 6.34. The van der Waals surface area contributed by atoms with E-state index in [2.05, 4.69) is 0 Å². The van der Waals surface area contributed by atoms with Crippen molar-refractivity contribution in [2.45, 2.75) is 51.2 Å². The number of unbranched alkanes of at least 4 members (excludes halogenated alkanes) is 1. The number of carbonyl (C=O) groups is 1. The molecule has 0 saturated carbocycles. The maximum absolute atomic E-state index is 11.7. The summed E-state index contributed by atoms with van der Waals surface area (Å²) in [4.78, 5) is 13.6. The van der Waals surface area contributed by atoms with Crippen LogP contribution in [0.4, 0.5) is 0 Å². The minimum absolute atomic E-state index is 0.332. The SMILES string of the molecule is CCN(CC)C(=O)CCCCC1CCSS1. The van der Waals surface area contributed by atoms with Crippen molar-refractivity contribution in [3.63, 3.8) is 0 Å². The zero-order valence-electron chi connectivity index (χ0n) is 10.4. The first-order valence-corrected chi connectivity index (χ1v) is 8.72. The highest BCUT2D eigenvalue weighted by atomic mass is 33.1. The Labute approximate surface area is 107 Å². The van der Waals surface area contributed by atoms with E-state index in [0.717, 1.165) is 31.2 Å². The van der Waals surface area contributed by atoms with Crippen molar-refractivity contribution in [2.24, 2.45) is 0 Å². The summed E-state index contributed by atoms with van der Waals surface area (Å²) in [6, 6.07) is 0. The monoisotopic (exact) mass is 261 g/mol. The van der Waals surface area contributed by atoms with Crippen LogP contribution in [0.2, 0.25) is 0 Å². The van der Waals surface area contributed by atoms with Gasteiger partial charge in [-0.25, -0.2) is 0 Å². The fourth-order valence-corrected chi connectivity index (χ4v) is 4.97. The fourth-order valence-electron chi connectivity index (χ4n) is 1.95. The second kappa shape index (κ2) is 8.29. The van der Waals surface area contributed by atoms with Crippen LogP contribution in [0, 0.1) is 0 Å². The minimum Gasteiger partial charge on any atom is -0.343 e. The first kappa shape index (κ1) is 14.2. The molecular formula is C12H23NOS2. The molecule has 0 aliphatic carbocycles. The van der Waals surface area contributed by atoms with E-state index < -0.39 is 0 Å². The summed E-state index contributed by atoms with van der Waals surface area (Å²) in [6.07, 6.45) is 5.68. The smallest absolute Gasteiger partial charge is 0.222 e. The number of nitrogens with zero attached hydrogens (tertiary/aromatic N) is 1. The van der Waals surface area contributed by atoms with E-state index in [1.165, 1.54) is 25.0 Å². The van der Waals surface area contributed by atoms with E-state index in [0.29, 0.717) is 5.91 Å². The van der Waals surface area contributed by atoms with Crippen molar-refractivity contribution in [1.82, 2.24) is 4.90 Å². The van der Waals surface area contributed by atoms with Gasteiger partial charge in [-0.15, -0.1) is 0 Å². The Morgan fingerprint density at radius 1 is 1.31 bits per heavy atom. The lowest BCUT2D eigenvalue weighted by Gasteiger charge is -2.18. The van der Waals surface area contributed by atoms with E-state index in [1.807, 2.05) is 40.3 Å². The molecule has 1 unspecified atom stereocenters. The molecule has 0 spiro atoms. The zero-order chi connectivity index (χ0) is 11.8. The van der Waals surface area contributed by atoms with Gasteiger partial charge < -0.3 is 4.90 Å². The summed E-state index contributed by atoms with van der Waals surface area (Å²) in [5.41, 5.74) is 0. The number of amides is 1. The fraction of sp³-hybridized carbons (Fsp3) is 0.917. The van der Waals surface area contributed by atoms with Crippen LogP contribution in [-0.4, -0.2) is 34.9 Å². The van der Waals surface area contributed by atoms with Gasteiger partial charge >= 0.3 is 0 Å². The van der Waals surface area contributed by atoms with Crippen LogP contribution in [0.15, 0.2) is 0 Å². The summed E-state index contributed by atoms with van der Waals surface area (Å²) < 4.78 is 0. The van der Waals surface area contributed by atoms with Gasteiger partial charge in [-0.3, -0.25) is 4.79 Å². The second-order valence-electron chi connectivity index (χ2n) is 4.14. The van der Waals surface area contributed by atoms with Crippen LogP contribution in [0.25, 0.3) is 0 Å². The normalized spacial score (nSPS) is 20.0. The Morgan fingerprint density at radius 2 is 2.06 bits per heavy atom. The number of rotatable bonds is 7. The molecule has 1 amide bonds. The van der Waals surface area contributed by atoms with E-state index in [1.54, 1.807) is 0 Å². The Morgan fingerprint density at radius 3 is 2.62 bits per heavy atom. The van der Waals surface area contributed by atoms with Gasteiger partial charge in [0.05, 0.1) is 0 Å². The molecule has 0 aromatic carbocycles. The lowest BCUT2D eigenvalue weighted by molar-refractivity contribution is -0.130. The maximum atomic E-state index is 11.7. The van der Waals surface area contributed by atoms with Crippen LogP contribution >= 0.6 is 21.6 Å². The first-order chi connectivity index (χ1) is 7.77. The van der Waals surface area contributed by atoms with Crippen LogP contribution in [0.3, 0.4) is 0 Å². The molecule has 16 heavy (non-hydrogen) atoms. The van der Waals surface area contributed by atoms with Crippen LogP contribution in [0.1, 0.15) is 46.0 Å². The van der Waals surface area contributed by atoms with E-state index in [9.17, 15) is 4.79 Å². The molecule has 1 heterocycles. The molecule has 4 heteroatoms. The largest absolute Gasteiger partial charge is 0.343 e. The Hall–Kier alpha value is 0.170. The van der Waals surface area contributed by atoms with Crippen LogP contribution in [-0.2, 0) is 4.79 Å². The standard InChI is InChI=1S/C12H23NOS2/c1-3-13(4-2)12(14)8-6-5-7-11-9-10-15-16-11/h11H,3-10H2,1-2H3. The molecule has 0 bridgehead atoms. The average molecular weight is 261 g/mol. The van der Waals surface area contributed by atoms with Gasteiger partial charge in [0.15, 0.2) is 0 Å². The van der Waals surface area contributed by atoms with Crippen molar-refractivity contribution in [2.75, 3.05) is 18.8 Å². The molecule has 1 atom stereocenters. The lowest BCUT2D eigenvalue weighted by Crippen LogP contribution is -2.30. The van der Waals surface area contributed by atoms with Gasteiger partial charge in [0, 0.05) is 30.5 Å². The second-order valence-corrected chi connectivity index (χ2v) is 6.93. The lowest BCUT2D eigenvalue weighted by atomic mass is 10.1. The van der Waals surface area contributed by atoms with Crippen LogP contribution < -0.4 is 0 Å². The number of hydrogen-bond acceptors (Lipinski definition) is 3. The van der Waals surface area contributed by atoms with Crippen LogP contribution in [0.5, 0.6) is 0 Å². The van der Waals surface area contributed by atoms with Gasteiger partial charge in [-0.2, -0.15) is 0 Å². The topological polar surface area (TPSA) is 20.3 Å². The molecule has 0 radical (unpaired) electrons. The van der Waals surface area contributed by atoms with Crippen molar-refractivity contribution >= 4 is 27.5 Å².